The third kappa shape index (κ3) is 1.24. The number of phenolic OH excluding ortho intramolecular Hbond substituents is 1. The minimum absolute atomic E-state index is 0.0281. The van der Waals surface area contributed by atoms with Gasteiger partial charge in [-0.3, -0.25) is 9.69 Å². The predicted molar refractivity (Wildman–Crippen MR) is 87.2 cm³/mol. The second-order valence-electron chi connectivity index (χ2n) is 7.34. The van der Waals surface area contributed by atoms with E-state index < -0.39 is 5.41 Å². The highest BCUT2D eigenvalue weighted by atomic mass is 16.5. The first kappa shape index (κ1) is 14.1. The molecule has 0 aromatic heterocycles. The average molecular weight is 325 g/mol. The summed E-state index contributed by atoms with van der Waals surface area (Å²) in [5.41, 5.74) is 2.65. The van der Waals surface area contributed by atoms with Crippen molar-refractivity contribution in [2.75, 3.05) is 27.8 Å². The third-order valence-corrected chi connectivity index (χ3v) is 6.37. The van der Waals surface area contributed by atoms with E-state index in [1.54, 1.807) is 13.2 Å². The first-order valence-corrected chi connectivity index (χ1v) is 8.13. The van der Waals surface area contributed by atoms with Crippen molar-refractivity contribution in [1.82, 2.24) is 4.90 Å². The molecule has 1 aromatic rings. The molecule has 4 aliphatic rings. The Labute approximate surface area is 140 Å². The van der Waals surface area contributed by atoms with Crippen molar-refractivity contribution in [2.24, 2.45) is 0 Å². The van der Waals surface area contributed by atoms with E-state index in [1.165, 1.54) is 12.7 Å². The van der Waals surface area contributed by atoms with E-state index in [1.807, 2.05) is 12.1 Å². The molecule has 1 saturated carbocycles. The lowest BCUT2D eigenvalue weighted by molar-refractivity contribution is -0.114. The standard InChI is InChI=1S/C19H19NO4/c1-20-9-19-8-18(15-10(19)4-5-13(23-2)16(15)22)7-14(24-3)12(21)6-11(18)17(19)20/h4-7,17,22H,8-9H2,1-3H3/t17-,18+,19-/m1/s1. The number of methoxy groups -OCH3 is 2. The minimum Gasteiger partial charge on any atom is -0.504 e. The van der Waals surface area contributed by atoms with E-state index in [0.29, 0.717) is 11.5 Å². The van der Waals surface area contributed by atoms with Crippen LogP contribution in [0.15, 0.2) is 35.6 Å². The zero-order valence-corrected chi connectivity index (χ0v) is 13.9. The number of carbonyl (C=O) groups is 1. The molecule has 1 saturated heterocycles. The number of nitrogens with zero attached hydrogens (tertiary/aromatic N) is 1. The van der Waals surface area contributed by atoms with Crippen LogP contribution in [0.25, 0.3) is 0 Å². The number of aromatic hydroxyl groups is 1. The van der Waals surface area contributed by atoms with Gasteiger partial charge in [-0.1, -0.05) is 6.07 Å². The van der Waals surface area contributed by atoms with E-state index in [2.05, 4.69) is 18.0 Å². The number of ketones is 1. The number of allylic oxidation sites excluding steroid dienone is 2. The number of hydrogen-bond donors (Lipinski definition) is 1. The lowest BCUT2D eigenvalue weighted by Crippen LogP contribution is -2.64. The molecule has 1 aliphatic heterocycles. The Morgan fingerprint density at radius 3 is 2.75 bits per heavy atom. The highest BCUT2D eigenvalue weighted by Crippen LogP contribution is 2.71. The molecule has 5 nitrogen and oxygen atoms in total. The molecule has 1 heterocycles. The molecule has 124 valence electrons. The summed E-state index contributed by atoms with van der Waals surface area (Å²) < 4.78 is 10.7. The Hall–Kier alpha value is -2.27. The van der Waals surface area contributed by atoms with Gasteiger partial charge in [-0.2, -0.15) is 0 Å². The molecule has 1 N–H and O–H groups in total. The first-order chi connectivity index (χ1) is 11.5. The number of phenols is 1. The van der Waals surface area contributed by atoms with Crippen molar-refractivity contribution in [1.29, 1.82) is 0 Å². The zero-order chi connectivity index (χ0) is 16.9. The average Bonchev–Trinajstić information content (AvgIpc) is 2.96. The van der Waals surface area contributed by atoms with Crippen LogP contribution in [0.3, 0.4) is 0 Å². The summed E-state index contributed by atoms with van der Waals surface area (Å²) in [4.78, 5) is 14.7. The van der Waals surface area contributed by atoms with Gasteiger partial charge in [0, 0.05) is 29.0 Å². The van der Waals surface area contributed by atoms with Crippen LogP contribution < -0.4 is 4.74 Å². The Morgan fingerprint density at radius 1 is 1.29 bits per heavy atom. The van der Waals surface area contributed by atoms with Crippen molar-refractivity contribution in [3.05, 3.63) is 46.7 Å². The van der Waals surface area contributed by atoms with Crippen LogP contribution in [0, 0.1) is 0 Å². The fraction of sp³-hybridized carbons (Fsp3) is 0.421. The lowest BCUT2D eigenvalue weighted by Gasteiger charge is -2.55. The maximum absolute atomic E-state index is 12.4. The molecule has 3 atom stereocenters. The Morgan fingerprint density at radius 2 is 2.08 bits per heavy atom. The first-order valence-electron chi connectivity index (χ1n) is 8.13. The van der Waals surface area contributed by atoms with Gasteiger partial charge in [0.2, 0.25) is 5.78 Å². The molecule has 2 spiro atoms. The minimum atomic E-state index is -0.470. The molecule has 24 heavy (non-hydrogen) atoms. The van der Waals surface area contributed by atoms with Gasteiger partial charge >= 0.3 is 0 Å². The van der Waals surface area contributed by atoms with E-state index in [-0.39, 0.29) is 23.0 Å². The number of likely N-dealkylation sites (N-methyl/N-ethyl adjacent to an activating group) is 1. The van der Waals surface area contributed by atoms with Gasteiger partial charge in [-0.15, -0.1) is 0 Å². The van der Waals surface area contributed by atoms with Gasteiger partial charge in [-0.25, -0.2) is 0 Å². The van der Waals surface area contributed by atoms with Gasteiger partial charge in [0.25, 0.3) is 0 Å². The molecule has 0 unspecified atom stereocenters. The molecular formula is C19H19NO4. The zero-order valence-electron chi connectivity index (χ0n) is 13.9. The fourth-order valence-electron chi connectivity index (χ4n) is 5.71. The summed E-state index contributed by atoms with van der Waals surface area (Å²) in [6, 6.07) is 4.14. The number of hydrogen-bond acceptors (Lipinski definition) is 5. The monoisotopic (exact) mass is 325 g/mol. The summed E-state index contributed by atoms with van der Waals surface area (Å²) >= 11 is 0. The number of benzene rings is 1. The second-order valence-corrected chi connectivity index (χ2v) is 7.34. The number of likely N-dealkylation sites (tertiary alicyclic amines) is 1. The molecule has 0 radical (unpaired) electrons. The molecular weight excluding hydrogens is 306 g/mol. The van der Waals surface area contributed by atoms with Crippen LogP contribution in [0.5, 0.6) is 11.5 Å². The van der Waals surface area contributed by atoms with Crippen LogP contribution >= 0.6 is 0 Å². The van der Waals surface area contributed by atoms with Gasteiger partial charge in [-0.05, 0) is 42.8 Å². The van der Waals surface area contributed by atoms with Crippen LogP contribution in [-0.2, 0) is 20.4 Å². The molecule has 2 fully saturated rings. The maximum Gasteiger partial charge on any atom is 0.220 e. The SMILES string of the molecule is COC1=C[C@]23C[C@@]4(CN(C)[C@@H]4C2=CC1=O)c1ccc(OC)c(O)c13. The Bertz CT molecular complexity index is 870. The van der Waals surface area contributed by atoms with Gasteiger partial charge < -0.3 is 14.6 Å². The van der Waals surface area contributed by atoms with Crippen molar-refractivity contribution in [3.63, 3.8) is 0 Å². The summed E-state index contributed by atoms with van der Waals surface area (Å²) in [5.74, 6) is 0.921. The number of fused-ring (bicyclic) bond motifs is 2. The number of rotatable bonds is 2. The number of carbonyl (C=O) groups excluding carboxylic acids is 1. The van der Waals surface area contributed by atoms with E-state index in [4.69, 9.17) is 9.47 Å². The topological polar surface area (TPSA) is 59.0 Å². The smallest absolute Gasteiger partial charge is 0.220 e. The second kappa shape index (κ2) is 4.03. The van der Waals surface area contributed by atoms with Gasteiger partial charge in [0.05, 0.1) is 14.2 Å². The maximum atomic E-state index is 12.4. The van der Waals surface area contributed by atoms with Crippen molar-refractivity contribution >= 4 is 5.78 Å². The van der Waals surface area contributed by atoms with Gasteiger partial charge in [0.15, 0.2) is 17.3 Å². The largest absolute Gasteiger partial charge is 0.504 e. The van der Waals surface area contributed by atoms with Crippen LogP contribution in [-0.4, -0.2) is 49.6 Å². The van der Waals surface area contributed by atoms with E-state index in [9.17, 15) is 9.90 Å². The molecule has 5 rings (SSSR count). The molecule has 0 amide bonds. The summed E-state index contributed by atoms with van der Waals surface area (Å²) in [6.07, 6.45) is 4.52. The quantitative estimate of drug-likeness (QED) is 0.896. The normalized spacial score (nSPS) is 35.5. The molecule has 3 aliphatic carbocycles. The molecule has 2 bridgehead atoms. The highest BCUT2D eigenvalue weighted by molar-refractivity contribution is 6.06. The van der Waals surface area contributed by atoms with Gasteiger partial charge in [0.1, 0.15) is 0 Å². The number of ether oxygens (including phenoxy) is 2. The van der Waals surface area contributed by atoms with Crippen LogP contribution in [0.2, 0.25) is 0 Å². The summed E-state index contributed by atoms with van der Waals surface area (Å²) in [5, 5.41) is 10.9. The summed E-state index contributed by atoms with van der Waals surface area (Å²) in [6.45, 7) is 0.930. The van der Waals surface area contributed by atoms with Crippen LogP contribution in [0.1, 0.15) is 17.5 Å². The molecule has 5 heteroatoms. The van der Waals surface area contributed by atoms with Crippen molar-refractivity contribution in [3.8, 4) is 11.5 Å². The van der Waals surface area contributed by atoms with Crippen molar-refractivity contribution < 1.29 is 19.4 Å². The highest BCUT2D eigenvalue weighted by Gasteiger charge is 2.72. The fourth-order valence-corrected chi connectivity index (χ4v) is 5.71. The predicted octanol–water partition coefficient (Wildman–Crippen LogP) is 1.65. The Balaban J connectivity index is 1.85. The Kier molecular flexibility index (Phi) is 2.37. The molecule has 1 aromatic carbocycles. The van der Waals surface area contributed by atoms with Crippen LogP contribution in [0.4, 0.5) is 0 Å². The van der Waals surface area contributed by atoms with E-state index >= 15 is 0 Å². The third-order valence-electron chi connectivity index (χ3n) is 6.37. The van der Waals surface area contributed by atoms with E-state index in [0.717, 1.165) is 24.1 Å². The summed E-state index contributed by atoms with van der Waals surface area (Å²) in [7, 11) is 5.17. The van der Waals surface area contributed by atoms with Crippen molar-refractivity contribution in [2.45, 2.75) is 23.3 Å². The lowest BCUT2D eigenvalue weighted by atomic mass is 9.64.